The fourth-order valence-corrected chi connectivity index (χ4v) is 2.14. The highest BCUT2D eigenvalue weighted by molar-refractivity contribution is 6.35. The number of rotatable bonds is 7. The molecule has 0 radical (unpaired) electrons. The van der Waals surface area contributed by atoms with Crippen LogP contribution < -0.4 is 0 Å². The number of carboxylic acid groups (broad SMARTS) is 1. The molecule has 19 heavy (non-hydrogen) atoms. The molecule has 0 aliphatic carbocycles. The Kier molecular flexibility index (Phi) is 6.28. The summed E-state index contributed by atoms with van der Waals surface area (Å²) in [6.45, 7) is 0. The van der Waals surface area contributed by atoms with E-state index in [1.807, 2.05) is 0 Å². The van der Waals surface area contributed by atoms with Crippen molar-refractivity contribution in [3.63, 3.8) is 0 Å². The largest absolute Gasteiger partial charge is 0.481 e. The lowest BCUT2D eigenvalue weighted by molar-refractivity contribution is -0.139. The molecule has 0 heterocycles. The molecule has 0 aliphatic heterocycles. The van der Waals surface area contributed by atoms with Crippen LogP contribution in [0.25, 0.3) is 0 Å². The van der Waals surface area contributed by atoms with Gasteiger partial charge in [-0.25, -0.2) is 0 Å². The molecular formula is C13H14Cl2O4. The zero-order valence-electron chi connectivity index (χ0n) is 10.1. The quantitative estimate of drug-likeness (QED) is 0.812. The zero-order valence-corrected chi connectivity index (χ0v) is 11.6. The number of carboxylic acids is 1. The normalized spacial score (nSPS) is 12.2. The minimum absolute atomic E-state index is 0.155. The smallest absolute Gasteiger partial charge is 0.305 e. The van der Waals surface area contributed by atoms with E-state index in [0.29, 0.717) is 16.5 Å². The van der Waals surface area contributed by atoms with E-state index >= 15 is 0 Å². The van der Waals surface area contributed by atoms with Gasteiger partial charge < -0.3 is 10.2 Å². The summed E-state index contributed by atoms with van der Waals surface area (Å²) >= 11 is 11.7. The molecule has 0 bridgehead atoms. The van der Waals surface area contributed by atoms with Crippen LogP contribution in [0, 0.1) is 0 Å². The van der Waals surface area contributed by atoms with Crippen LogP contribution in [-0.4, -0.2) is 28.1 Å². The molecule has 4 nitrogen and oxygen atoms in total. The lowest BCUT2D eigenvalue weighted by Gasteiger charge is -2.07. The number of ketones is 1. The highest BCUT2D eigenvalue weighted by atomic mass is 35.5. The molecule has 104 valence electrons. The zero-order chi connectivity index (χ0) is 14.4. The van der Waals surface area contributed by atoms with Crippen LogP contribution in [0.4, 0.5) is 0 Å². The molecule has 1 aromatic carbocycles. The van der Waals surface area contributed by atoms with E-state index < -0.39 is 18.5 Å². The second-order valence-electron chi connectivity index (χ2n) is 4.23. The summed E-state index contributed by atoms with van der Waals surface area (Å²) < 4.78 is 0. The van der Waals surface area contributed by atoms with Crippen LogP contribution in [-0.2, 0) is 16.0 Å². The van der Waals surface area contributed by atoms with E-state index in [9.17, 15) is 14.7 Å². The Morgan fingerprint density at radius 2 is 1.89 bits per heavy atom. The van der Waals surface area contributed by atoms with Gasteiger partial charge in [-0.2, -0.15) is 0 Å². The maximum absolute atomic E-state index is 11.6. The number of benzene rings is 1. The van der Waals surface area contributed by atoms with Gasteiger partial charge in [-0.15, -0.1) is 0 Å². The number of aryl methyl sites for hydroxylation is 1. The first-order chi connectivity index (χ1) is 8.88. The van der Waals surface area contributed by atoms with Crippen LogP contribution >= 0.6 is 23.2 Å². The molecule has 2 N–H and O–H groups in total. The molecule has 0 fully saturated rings. The summed E-state index contributed by atoms with van der Waals surface area (Å²) in [5.74, 6) is -1.32. The minimum atomic E-state index is -1.13. The number of aliphatic hydroxyl groups is 1. The maximum atomic E-state index is 11.6. The topological polar surface area (TPSA) is 74.6 Å². The second-order valence-corrected chi connectivity index (χ2v) is 5.07. The van der Waals surface area contributed by atoms with Gasteiger partial charge in [0.15, 0.2) is 0 Å². The van der Waals surface area contributed by atoms with Crippen LogP contribution in [0.15, 0.2) is 18.2 Å². The number of carbonyl (C=O) groups is 2. The summed E-state index contributed by atoms with van der Waals surface area (Å²) in [5, 5.41) is 18.8. The van der Waals surface area contributed by atoms with Crippen LogP contribution in [0.2, 0.25) is 10.0 Å². The second kappa shape index (κ2) is 7.48. The first-order valence-electron chi connectivity index (χ1n) is 5.74. The number of hydrogen-bond acceptors (Lipinski definition) is 3. The van der Waals surface area contributed by atoms with E-state index in [1.54, 1.807) is 18.2 Å². The number of Topliss-reactive ketones (excluding diaryl/α,β-unsaturated/α-hetero) is 1. The molecule has 0 aromatic heterocycles. The van der Waals surface area contributed by atoms with Gasteiger partial charge >= 0.3 is 5.97 Å². The van der Waals surface area contributed by atoms with Gasteiger partial charge in [-0.3, -0.25) is 9.59 Å². The van der Waals surface area contributed by atoms with Gasteiger partial charge in [0.1, 0.15) is 5.78 Å². The van der Waals surface area contributed by atoms with Crippen LogP contribution in [0.1, 0.15) is 24.8 Å². The number of aliphatic carboxylic acids is 1. The van der Waals surface area contributed by atoms with E-state index in [2.05, 4.69) is 0 Å². The van der Waals surface area contributed by atoms with Crippen molar-refractivity contribution >= 4 is 35.0 Å². The van der Waals surface area contributed by atoms with E-state index in [-0.39, 0.29) is 18.6 Å². The molecule has 0 spiro atoms. The standard InChI is InChI=1S/C13H14Cl2O4/c14-9-3-1-8(12(15)5-9)2-4-10(16)6-11(17)7-13(18)19/h1,3,5,11,17H,2,4,6-7H2,(H,18,19). The lowest BCUT2D eigenvalue weighted by Crippen LogP contribution is -2.17. The van der Waals surface area contributed by atoms with Crippen molar-refractivity contribution in [2.24, 2.45) is 0 Å². The van der Waals surface area contributed by atoms with Gasteiger partial charge in [-0.05, 0) is 24.1 Å². The fraction of sp³-hybridized carbons (Fsp3) is 0.385. The Bertz CT molecular complexity index is 474. The lowest BCUT2D eigenvalue weighted by atomic mass is 10.0. The highest BCUT2D eigenvalue weighted by Crippen LogP contribution is 2.22. The number of carbonyl (C=O) groups excluding carboxylic acids is 1. The Labute approximate surface area is 121 Å². The molecule has 1 rings (SSSR count). The number of halogens is 2. The van der Waals surface area contributed by atoms with E-state index in [4.69, 9.17) is 28.3 Å². The van der Waals surface area contributed by atoms with E-state index in [0.717, 1.165) is 5.56 Å². The first-order valence-corrected chi connectivity index (χ1v) is 6.49. The summed E-state index contributed by atoms with van der Waals surface area (Å²) in [6.07, 6.45) is -1.07. The molecule has 1 aromatic rings. The van der Waals surface area contributed by atoms with Crippen molar-refractivity contribution in [2.45, 2.75) is 31.8 Å². The third-order valence-electron chi connectivity index (χ3n) is 2.56. The molecule has 1 atom stereocenters. The Balaban J connectivity index is 2.43. The van der Waals surface area contributed by atoms with Gasteiger partial charge in [0, 0.05) is 22.9 Å². The average Bonchev–Trinajstić information content (AvgIpc) is 2.26. The SMILES string of the molecule is O=C(O)CC(O)CC(=O)CCc1ccc(Cl)cc1Cl. The fourth-order valence-electron chi connectivity index (χ4n) is 1.64. The summed E-state index contributed by atoms with van der Waals surface area (Å²) in [6, 6.07) is 5.03. The summed E-state index contributed by atoms with van der Waals surface area (Å²) in [5.41, 5.74) is 0.798. The molecule has 0 amide bonds. The number of aliphatic hydroxyl groups excluding tert-OH is 1. The molecule has 0 saturated heterocycles. The summed E-state index contributed by atoms with van der Waals surface area (Å²) in [4.78, 5) is 21.9. The van der Waals surface area contributed by atoms with Gasteiger partial charge in [0.2, 0.25) is 0 Å². The van der Waals surface area contributed by atoms with Crippen molar-refractivity contribution in [2.75, 3.05) is 0 Å². The van der Waals surface area contributed by atoms with Gasteiger partial charge in [0.25, 0.3) is 0 Å². The van der Waals surface area contributed by atoms with Crippen molar-refractivity contribution in [1.82, 2.24) is 0 Å². The van der Waals surface area contributed by atoms with Crippen LogP contribution in [0.3, 0.4) is 0 Å². The molecule has 6 heteroatoms. The Morgan fingerprint density at radius 1 is 1.21 bits per heavy atom. The number of hydrogen-bond donors (Lipinski definition) is 2. The van der Waals surface area contributed by atoms with Crippen molar-refractivity contribution in [3.8, 4) is 0 Å². The van der Waals surface area contributed by atoms with Gasteiger partial charge in [0.05, 0.1) is 12.5 Å². The molecular weight excluding hydrogens is 291 g/mol. The molecule has 1 unspecified atom stereocenters. The van der Waals surface area contributed by atoms with Crippen molar-refractivity contribution in [3.05, 3.63) is 33.8 Å². The Hall–Kier alpha value is -1.10. The van der Waals surface area contributed by atoms with E-state index in [1.165, 1.54) is 0 Å². The monoisotopic (exact) mass is 304 g/mol. The van der Waals surface area contributed by atoms with Crippen molar-refractivity contribution < 1.29 is 19.8 Å². The van der Waals surface area contributed by atoms with Crippen molar-refractivity contribution in [1.29, 1.82) is 0 Å². The maximum Gasteiger partial charge on any atom is 0.305 e. The average molecular weight is 305 g/mol. The van der Waals surface area contributed by atoms with Gasteiger partial charge in [-0.1, -0.05) is 29.3 Å². The third-order valence-corrected chi connectivity index (χ3v) is 3.15. The minimum Gasteiger partial charge on any atom is -0.481 e. The molecule has 0 saturated carbocycles. The molecule has 0 aliphatic rings. The highest BCUT2D eigenvalue weighted by Gasteiger charge is 2.14. The Morgan fingerprint density at radius 3 is 2.47 bits per heavy atom. The summed E-state index contributed by atoms with van der Waals surface area (Å²) in [7, 11) is 0. The predicted octanol–water partition coefficient (Wildman–Crippen LogP) is 2.72. The first kappa shape index (κ1) is 16.0. The van der Waals surface area contributed by atoms with Crippen LogP contribution in [0.5, 0.6) is 0 Å². The third kappa shape index (κ3) is 6.05. The predicted molar refractivity (Wildman–Crippen MR) is 72.7 cm³/mol.